The van der Waals surface area contributed by atoms with Gasteiger partial charge in [-0.25, -0.2) is 9.78 Å². The molecule has 0 bridgehead atoms. The number of hydrogen-bond donors (Lipinski definition) is 1. The molecule has 1 fully saturated rings. The van der Waals surface area contributed by atoms with Crippen LogP contribution < -0.4 is 10.2 Å². The van der Waals surface area contributed by atoms with E-state index in [1.54, 1.807) is 11.9 Å². The first-order valence-electron chi connectivity index (χ1n) is 15.6. The highest BCUT2D eigenvalue weighted by atomic mass is 16.7. The molecule has 1 atom stereocenters. The molecule has 1 saturated heterocycles. The minimum atomic E-state index is -0.580. The van der Waals surface area contributed by atoms with Crippen molar-refractivity contribution in [2.24, 2.45) is 5.92 Å². The maximum atomic E-state index is 13.0. The second-order valence-corrected chi connectivity index (χ2v) is 14.7. The minimum absolute atomic E-state index is 0.258. The third-order valence-electron chi connectivity index (χ3n) is 9.08. The van der Waals surface area contributed by atoms with Gasteiger partial charge in [-0.05, 0) is 101 Å². The zero-order valence-corrected chi connectivity index (χ0v) is 27.6. The van der Waals surface area contributed by atoms with Crippen molar-refractivity contribution in [3.8, 4) is 16.9 Å². The van der Waals surface area contributed by atoms with Crippen LogP contribution in [0.25, 0.3) is 32.9 Å². The molecule has 0 aliphatic carbocycles. The predicted molar refractivity (Wildman–Crippen MR) is 175 cm³/mol. The number of nitrogens with zero attached hydrogens (tertiary/aromatic N) is 2. The first kappa shape index (κ1) is 30.5. The van der Waals surface area contributed by atoms with Crippen LogP contribution >= 0.6 is 0 Å². The van der Waals surface area contributed by atoms with Gasteiger partial charge in [0.25, 0.3) is 0 Å². The summed E-state index contributed by atoms with van der Waals surface area (Å²) in [6.45, 7) is 18.7. The lowest BCUT2D eigenvalue weighted by Crippen LogP contribution is -2.41. The lowest BCUT2D eigenvalue weighted by molar-refractivity contribution is 0.00578. The van der Waals surface area contributed by atoms with Crippen LogP contribution in [-0.4, -0.2) is 51.9 Å². The Kier molecular flexibility index (Phi) is 7.28. The number of hydrogen-bond acceptors (Lipinski definition) is 6. The summed E-state index contributed by atoms with van der Waals surface area (Å²) in [6, 6.07) is 14.6. The second-order valence-electron chi connectivity index (χ2n) is 14.7. The van der Waals surface area contributed by atoms with Gasteiger partial charge in [0, 0.05) is 18.0 Å². The maximum absolute atomic E-state index is 13.0. The van der Waals surface area contributed by atoms with Crippen LogP contribution in [0.3, 0.4) is 0 Å². The molecule has 0 radical (unpaired) electrons. The van der Waals surface area contributed by atoms with Gasteiger partial charge in [0.15, 0.2) is 0 Å². The van der Waals surface area contributed by atoms with Gasteiger partial charge in [-0.1, -0.05) is 38.1 Å². The zero-order valence-electron chi connectivity index (χ0n) is 27.6. The lowest BCUT2D eigenvalue weighted by Gasteiger charge is -2.32. The summed E-state index contributed by atoms with van der Waals surface area (Å²) in [5, 5.41) is 2.11. The molecule has 44 heavy (non-hydrogen) atoms. The zero-order chi connectivity index (χ0) is 31.8. The molecule has 6 rings (SSSR count). The molecule has 1 amide bonds. The monoisotopic (exact) mass is 597 g/mol. The van der Waals surface area contributed by atoms with Crippen molar-refractivity contribution in [2.45, 2.75) is 98.2 Å². The number of fused-ring (bicyclic) bond motifs is 6. The Morgan fingerprint density at radius 1 is 1.05 bits per heavy atom. The Hall–Kier alpha value is -3.56. The smallest absolute Gasteiger partial charge is 0.488 e. The molecule has 9 heteroatoms. The Balaban J connectivity index is 1.35. The maximum Gasteiger partial charge on any atom is 0.494 e. The molecule has 8 nitrogen and oxygen atoms in total. The van der Waals surface area contributed by atoms with Crippen LogP contribution in [0.4, 0.5) is 4.79 Å². The number of aromatic nitrogens is 2. The van der Waals surface area contributed by atoms with Crippen molar-refractivity contribution in [2.75, 3.05) is 7.05 Å². The van der Waals surface area contributed by atoms with E-state index >= 15 is 0 Å². The van der Waals surface area contributed by atoms with Crippen molar-refractivity contribution in [1.82, 2.24) is 14.9 Å². The largest absolute Gasteiger partial charge is 0.494 e. The highest BCUT2D eigenvalue weighted by Gasteiger charge is 2.51. The van der Waals surface area contributed by atoms with E-state index in [0.717, 1.165) is 62.0 Å². The Morgan fingerprint density at radius 2 is 1.75 bits per heavy atom. The van der Waals surface area contributed by atoms with E-state index in [9.17, 15) is 4.79 Å². The molecule has 0 spiro atoms. The van der Waals surface area contributed by atoms with E-state index < -0.39 is 23.9 Å². The lowest BCUT2D eigenvalue weighted by atomic mass is 9.77. The molecule has 232 valence electrons. The molecule has 3 heterocycles. The molecule has 2 aliphatic heterocycles. The van der Waals surface area contributed by atoms with Crippen LogP contribution in [0.5, 0.6) is 5.75 Å². The minimum Gasteiger partial charge on any atom is -0.488 e. The highest BCUT2D eigenvalue weighted by molar-refractivity contribution is 6.62. The average Bonchev–Trinajstić information content (AvgIpc) is 3.46. The highest BCUT2D eigenvalue weighted by Crippen LogP contribution is 2.42. The summed E-state index contributed by atoms with van der Waals surface area (Å²) in [6.07, 6.45) is 0.382. The Labute approximate surface area is 260 Å². The van der Waals surface area contributed by atoms with Crippen LogP contribution in [-0.2, 0) is 20.7 Å². The Morgan fingerprint density at radius 3 is 2.41 bits per heavy atom. The molecule has 0 saturated carbocycles. The molecule has 3 aromatic carbocycles. The molecule has 1 aromatic heterocycles. The SMILES string of the molecule is CC(C)C[C@@H](c1nc2ccc3cc4c(cc3c2[nH]1)OCc1cc(B2OC(C)(C)C(C)(C)O2)ccc1-4)N(C)C(=O)OC(C)(C)C. The van der Waals surface area contributed by atoms with Gasteiger partial charge in [-0.2, -0.15) is 0 Å². The molecule has 2 aliphatic rings. The predicted octanol–water partition coefficient (Wildman–Crippen LogP) is 7.53. The van der Waals surface area contributed by atoms with E-state index in [-0.39, 0.29) is 12.1 Å². The fourth-order valence-electron chi connectivity index (χ4n) is 5.98. The number of aromatic amines is 1. The van der Waals surface area contributed by atoms with E-state index in [4.69, 9.17) is 23.8 Å². The van der Waals surface area contributed by atoms with Gasteiger partial charge in [-0.3, -0.25) is 0 Å². The third-order valence-corrected chi connectivity index (χ3v) is 9.08. The molecular formula is C35H44BN3O5. The molecule has 4 aromatic rings. The standard InChI is InChI=1S/C35H44BN3O5/c1-20(2)15-28(39(10)32(40)42-33(3,4)5)31-37-27-14-11-21-17-26-24-13-12-23(36-43-34(6,7)35(8,9)44-36)16-22(24)19-41-29(26)18-25(21)30(27)38-31/h11-14,16-18,20,28H,15,19H2,1-10H3,(H,37,38)/t28-/m0/s1. The van der Waals surface area contributed by atoms with Crippen LogP contribution in [0.1, 0.15) is 86.2 Å². The molecule has 1 N–H and O–H groups in total. The first-order chi connectivity index (χ1) is 20.5. The van der Waals surface area contributed by atoms with E-state index in [0.29, 0.717) is 12.5 Å². The van der Waals surface area contributed by atoms with Gasteiger partial charge < -0.3 is 28.7 Å². The van der Waals surface area contributed by atoms with Gasteiger partial charge in [-0.15, -0.1) is 0 Å². The van der Waals surface area contributed by atoms with E-state index in [1.165, 1.54) is 0 Å². The van der Waals surface area contributed by atoms with Gasteiger partial charge in [0.05, 0.1) is 28.3 Å². The van der Waals surface area contributed by atoms with Gasteiger partial charge in [0.2, 0.25) is 0 Å². The van der Waals surface area contributed by atoms with Crippen molar-refractivity contribution in [1.29, 1.82) is 0 Å². The van der Waals surface area contributed by atoms with E-state index in [2.05, 4.69) is 82.9 Å². The van der Waals surface area contributed by atoms with Crippen LogP contribution in [0, 0.1) is 5.92 Å². The number of H-pyrrole nitrogens is 1. The number of carbonyl (C=O) groups is 1. The van der Waals surface area contributed by atoms with Crippen molar-refractivity contribution in [3.63, 3.8) is 0 Å². The topological polar surface area (TPSA) is 85.9 Å². The summed E-state index contributed by atoms with van der Waals surface area (Å²) < 4.78 is 24.6. The summed E-state index contributed by atoms with van der Waals surface area (Å²) in [5.41, 5.74) is 4.71. The van der Waals surface area contributed by atoms with Crippen LogP contribution in [0.15, 0.2) is 42.5 Å². The third kappa shape index (κ3) is 5.45. The number of nitrogens with one attached hydrogen (secondary N) is 1. The van der Waals surface area contributed by atoms with Crippen molar-refractivity contribution < 1.29 is 23.6 Å². The van der Waals surface area contributed by atoms with Crippen molar-refractivity contribution in [3.05, 3.63) is 53.9 Å². The fourth-order valence-corrected chi connectivity index (χ4v) is 5.98. The fraction of sp³-hybridized carbons (Fsp3) is 0.486. The summed E-state index contributed by atoms with van der Waals surface area (Å²) >= 11 is 0. The summed E-state index contributed by atoms with van der Waals surface area (Å²) in [5.74, 6) is 1.93. The number of ether oxygens (including phenoxy) is 2. The quantitative estimate of drug-likeness (QED) is 0.240. The number of benzene rings is 3. The van der Waals surface area contributed by atoms with Gasteiger partial charge >= 0.3 is 13.2 Å². The van der Waals surface area contributed by atoms with Gasteiger partial charge in [0.1, 0.15) is 23.8 Å². The number of rotatable bonds is 5. The number of imidazole rings is 1. The first-order valence-corrected chi connectivity index (χ1v) is 15.6. The van der Waals surface area contributed by atoms with Crippen LogP contribution in [0.2, 0.25) is 0 Å². The number of carbonyl (C=O) groups excluding carboxylic acids is 1. The molecule has 0 unspecified atom stereocenters. The second kappa shape index (κ2) is 10.5. The number of amides is 1. The molecular weight excluding hydrogens is 553 g/mol. The average molecular weight is 598 g/mol. The normalized spacial score (nSPS) is 17.8. The summed E-state index contributed by atoms with van der Waals surface area (Å²) in [4.78, 5) is 23.2. The van der Waals surface area contributed by atoms with E-state index in [1.807, 2.05) is 26.8 Å². The Bertz CT molecular complexity index is 1740. The van der Waals surface area contributed by atoms with Crippen molar-refractivity contribution >= 4 is 40.5 Å². The summed E-state index contributed by atoms with van der Waals surface area (Å²) in [7, 11) is 1.37.